The van der Waals surface area contributed by atoms with Gasteiger partial charge >= 0.3 is 0 Å². The first-order valence-corrected chi connectivity index (χ1v) is 9.05. The molecule has 136 valence electrons. The van der Waals surface area contributed by atoms with Gasteiger partial charge in [-0.25, -0.2) is 0 Å². The van der Waals surface area contributed by atoms with Gasteiger partial charge in [0.2, 0.25) is 5.91 Å². The van der Waals surface area contributed by atoms with Crippen LogP contribution in [0.4, 0.5) is 0 Å². The lowest BCUT2D eigenvalue weighted by atomic mass is 9.83. The van der Waals surface area contributed by atoms with Crippen LogP contribution in [0.3, 0.4) is 0 Å². The van der Waals surface area contributed by atoms with Crippen LogP contribution in [0.25, 0.3) is 0 Å². The van der Waals surface area contributed by atoms with Crippen LogP contribution in [0.1, 0.15) is 18.9 Å². The van der Waals surface area contributed by atoms with Crippen LogP contribution in [0.5, 0.6) is 5.75 Å². The average molecular weight is 345 g/mol. The minimum Gasteiger partial charge on any atom is -0.496 e. The van der Waals surface area contributed by atoms with Gasteiger partial charge in [-0.15, -0.1) is 0 Å². The first-order valence-electron chi connectivity index (χ1n) is 9.05. The Balaban J connectivity index is 1.48. The smallest absolute Gasteiger partial charge is 0.219 e. The van der Waals surface area contributed by atoms with Crippen molar-refractivity contribution in [2.45, 2.75) is 37.6 Å². The number of rotatable bonds is 3. The summed E-state index contributed by atoms with van der Waals surface area (Å²) in [5, 5.41) is 10.1. The largest absolute Gasteiger partial charge is 0.496 e. The molecule has 3 saturated heterocycles. The maximum absolute atomic E-state index is 12.0. The topological polar surface area (TPSA) is 56.3 Å². The molecule has 3 fully saturated rings. The third-order valence-corrected chi connectivity index (χ3v) is 5.99. The standard InChI is InChI=1S/C19H27N3O3/c1-14(23)21-9-16-7-17(24)10-22(16)19(13-21)11-20(12-19)8-15-5-3-4-6-18(15)25-2/h3-6,16-17,24H,7-13H2,1-2H3/t16-,17-/m1/s1. The molecule has 1 N–H and O–H groups in total. The van der Waals surface area contributed by atoms with Gasteiger partial charge in [0.05, 0.1) is 18.8 Å². The fourth-order valence-corrected chi connectivity index (χ4v) is 4.91. The Labute approximate surface area is 149 Å². The molecule has 6 nitrogen and oxygen atoms in total. The first-order chi connectivity index (χ1) is 12.0. The van der Waals surface area contributed by atoms with Gasteiger partial charge in [-0.05, 0) is 12.5 Å². The lowest BCUT2D eigenvalue weighted by Crippen LogP contribution is -2.78. The molecule has 2 atom stereocenters. The normalized spacial score (nSPS) is 28.7. The van der Waals surface area contributed by atoms with Gasteiger partial charge in [0.15, 0.2) is 0 Å². The van der Waals surface area contributed by atoms with Gasteiger partial charge in [-0.1, -0.05) is 18.2 Å². The number of fused-ring (bicyclic) bond motifs is 2. The Kier molecular flexibility index (Phi) is 4.22. The summed E-state index contributed by atoms with van der Waals surface area (Å²) in [6.45, 7) is 6.62. The summed E-state index contributed by atoms with van der Waals surface area (Å²) < 4.78 is 5.46. The highest BCUT2D eigenvalue weighted by molar-refractivity contribution is 5.73. The van der Waals surface area contributed by atoms with E-state index in [9.17, 15) is 9.90 Å². The fourth-order valence-electron chi connectivity index (χ4n) is 4.91. The molecule has 0 bridgehead atoms. The molecule has 6 heteroatoms. The van der Waals surface area contributed by atoms with Crippen molar-refractivity contribution in [1.82, 2.24) is 14.7 Å². The third kappa shape index (κ3) is 2.92. The van der Waals surface area contributed by atoms with Crippen LogP contribution in [-0.4, -0.2) is 83.2 Å². The predicted molar refractivity (Wildman–Crippen MR) is 94.4 cm³/mol. The van der Waals surface area contributed by atoms with Crippen molar-refractivity contribution in [2.75, 3.05) is 39.8 Å². The summed E-state index contributed by atoms with van der Waals surface area (Å²) in [5.74, 6) is 1.07. The second-order valence-electron chi connectivity index (χ2n) is 7.78. The van der Waals surface area contributed by atoms with E-state index in [1.54, 1.807) is 14.0 Å². The van der Waals surface area contributed by atoms with E-state index >= 15 is 0 Å². The summed E-state index contributed by atoms with van der Waals surface area (Å²) in [4.78, 5) is 18.8. The number of carbonyl (C=O) groups is 1. The molecule has 1 amide bonds. The number of methoxy groups -OCH3 is 1. The van der Waals surface area contributed by atoms with Crippen molar-refractivity contribution in [3.8, 4) is 5.75 Å². The summed E-state index contributed by atoms with van der Waals surface area (Å²) >= 11 is 0. The number of hydrogen-bond donors (Lipinski definition) is 1. The lowest BCUT2D eigenvalue weighted by Gasteiger charge is -2.61. The van der Waals surface area contributed by atoms with Crippen molar-refractivity contribution < 1.29 is 14.6 Å². The van der Waals surface area contributed by atoms with E-state index in [1.165, 1.54) is 5.56 Å². The minimum absolute atomic E-state index is 0.00587. The molecule has 3 heterocycles. The van der Waals surface area contributed by atoms with Gasteiger partial charge < -0.3 is 14.7 Å². The van der Waals surface area contributed by atoms with Crippen LogP contribution in [0.15, 0.2) is 24.3 Å². The zero-order chi connectivity index (χ0) is 17.6. The van der Waals surface area contributed by atoms with Crippen molar-refractivity contribution in [3.05, 3.63) is 29.8 Å². The Bertz CT molecular complexity index is 659. The quantitative estimate of drug-likeness (QED) is 0.867. The highest BCUT2D eigenvalue weighted by Crippen LogP contribution is 2.39. The van der Waals surface area contributed by atoms with E-state index < -0.39 is 0 Å². The monoisotopic (exact) mass is 345 g/mol. The van der Waals surface area contributed by atoms with Crippen LogP contribution in [-0.2, 0) is 11.3 Å². The SMILES string of the molecule is COc1ccccc1CN1CC2(C1)CN(C(C)=O)C[C@H]1C[C@@H](O)CN12. The fraction of sp³-hybridized carbons (Fsp3) is 0.632. The number of carbonyl (C=O) groups excluding carboxylic acids is 1. The van der Waals surface area contributed by atoms with E-state index in [4.69, 9.17) is 4.74 Å². The van der Waals surface area contributed by atoms with E-state index in [-0.39, 0.29) is 17.6 Å². The lowest BCUT2D eigenvalue weighted by molar-refractivity contribution is -0.149. The van der Waals surface area contributed by atoms with Gasteiger partial charge in [-0.2, -0.15) is 0 Å². The molecule has 0 unspecified atom stereocenters. The Hall–Kier alpha value is -1.63. The average Bonchev–Trinajstić information content (AvgIpc) is 2.94. The molecule has 25 heavy (non-hydrogen) atoms. The number of likely N-dealkylation sites (tertiary alicyclic amines) is 1. The van der Waals surface area contributed by atoms with Crippen molar-refractivity contribution >= 4 is 5.91 Å². The van der Waals surface area contributed by atoms with Crippen LogP contribution >= 0.6 is 0 Å². The van der Waals surface area contributed by atoms with E-state index in [0.717, 1.165) is 51.4 Å². The van der Waals surface area contributed by atoms with Crippen molar-refractivity contribution in [2.24, 2.45) is 0 Å². The number of aliphatic hydroxyl groups excluding tert-OH is 1. The summed E-state index contributed by atoms with van der Waals surface area (Å²) in [6, 6.07) is 8.42. The molecule has 1 spiro atoms. The molecule has 1 aromatic carbocycles. The number of β-amino-alcohol motifs (C(OH)–C–C–N with tert-alkyl or cyclic N) is 1. The van der Waals surface area contributed by atoms with Crippen molar-refractivity contribution in [3.63, 3.8) is 0 Å². The molecule has 0 radical (unpaired) electrons. The molecule has 1 aromatic rings. The number of piperazine rings is 1. The van der Waals surface area contributed by atoms with Gasteiger partial charge in [0.25, 0.3) is 0 Å². The number of amides is 1. The van der Waals surface area contributed by atoms with Crippen LogP contribution < -0.4 is 4.74 Å². The van der Waals surface area contributed by atoms with Gasteiger partial charge in [0.1, 0.15) is 5.75 Å². The Morgan fingerprint density at radius 1 is 1.28 bits per heavy atom. The van der Waals surface area contributed by atoms with Crippen LogP contribution in [0.2, 0.25) is 0 Å². The maximum atomic E-state index is 12.0. The Morgan fingerprint density at radius 2 is 2.04 bits per heavy atom. The molecule has 4 rings (SSSR count). The molecule has 3 aliphatic heterocycles. The van der Waals surface area contributed by atoms with Gasteiger partial charge in [0, 0.05) is 57.8 Å². The summed E-state index contributed by atoms with van der Waals surface area (Å²) in [6.07, 6.45) is 0.509. The maximum Gasteiger partial charge on any atom is 0.219 e. The molecule has 0 saturated carbocycles. The van der Waals surface area contributed by atoms with E-state index in [0.29, 0.717) is 6.04 Å². The molecule has 0 aliphatic carbocycles. The number of para-hydroxylation sites is 1. The zero-order valence-electron chi connectivity index (χ0n) is 15.0. The number of ether oxygens (including phenoxy) is 1. The first kappa shape index (κ1) is 16.8. The predicted octanol–water partition coefficient (Wildman–Crippen LogP) is 0.547. The number of hydrogen-bond acceptors (Lipinski definition) is 5. The number of nitrogens with zero attached hydrogens (tertiary/aromatic N) is 3. The second kappa shape index (κ2) is 6.27. The van der Waals surface area contributed by atoms with E-state index in [2.05, 4.69) is 15.9 Å². The summed E-state index contributed by atoms with van der Waals surface area (Å²) in [7, 11) is 1.71. The molecule has 3 aliphatic rings. The zero-order valence-corrected chi connectivity index (χ0v) is 15.0. The van der Waals surface area contributed by atoms with E-state index in [1.807, 2.05) is 23.1 Å². The molecule has 0 aromatic heterocycles. The number of aliphatic hydroxyl groups is 1. The Morgan fingerprint density at radius 3 is 2.76 bits per heavy atom. The third-order valence-electron chi connectivity index (χ3n) is 5.99. The minimum atomic E-state index is -0.267. The van der Waals surface area contributed by atoms with Crippen LogP contribution in [0, 0.1) is 0 Å². The number of benzene rings is 1. The highest BCUT2D eigenvalue weighted by Gasteiger charge is 2.56. The van der Waals surface area contributed by atoms with Gasteiger partial charge in [-0.3, -0.25) is 14.6 Å². The summed E-state index contributed by atoms with van der Waals surface area (Å²) in [5.41, 5.74) is 1.19. The molecular formula is C19H27N3O3. The molecular weight excluding hydrogens is 318 g/mol. The second-order valence-corrected chi connectivity index (χ2v) is 7.78. The van der Waals surface area contributed by atoms with Crippen molar-refractivity contribution in [1.29, 1.82) is 0 Å². The highest BCUT2D eigenvalue weighted by atomic mass is 16.5.